The van der Waals surface area contributed by atoms with Gasteiger partial charge in [-0.15, -0.1) is 0 Å². The van der Waals surface area contributed by atoms with Crippen LogP contribution in [0.5, 0.6) is 0 Å². The normalized spacial score (nSPS) is 17.6. The molecule has 2 rings (SSSR count). The Morgan fingerprint density at radius 3 is 2.28 bits per heavy atom. The summed E-state index contributed by atoms with van der Waals surface area (Å²) in [5, 5.41) is 0. The van der Waals surface area contributed by atoms with Crippen molar-refractivity contribution in [2.45, 2.75) is 19.8 Å². The monoisotopic (exact) mass is 248 g/mol. The van der Waals surface area contributed by atoms with Crippen LogP contribution in [-0.2, 0) is 4.74 Å². The first kappa shape index (κ1) is 13.4. The molecule has 0 amide bonds. The molecule has 2 N–H and O–H groups in total. The maximum absolute atomic E-state index is 5.85. The zero-order valence-electron chi connectivity index (χ0n) is 11.6. The number of hydrogen-bond donors (Lipinski definition) is 1. The second-order valence-electron chi connectivity index (χ2n) is 5.80. The highest BCUT2D eigenvalue weighted by Gasteiger charge is 2.38. The molecular weight excluding hydrogens is 224 g/mol. The Morgan fingerprint density at radius 2 is 1.89 bits per heavy atom. The van der Waals surface area contributed by atoms with Gasteiger partial charge >= 0.3 is 0 Å². The van der Waals surface area contributed by atoms with Crippen LogP contribution < -0.4 is 10.6 Å². The van der Waals surface area contributed by atoms with Crippen LogP contribution in [0.3, 0.4) is 0 Å². The first-order valence-corrected chi connectivity index (χ1v) is 6.65. The Hall–Kier alpha value is -1.06. The van der Waals surface area contributed by atoms with Crippen molar-refractivity contribution in [1.29, 1.82) is 0 Å². The quantitative estimate of drug-likeness (QED) is 0.868. The zero-order valence-corrected chi connectivity index (χ0v) is 11.6. The van der Waals surface area contributed by atoms with Crippen LogP contribution in [-0.4, -0.2) is 33.4 Å². The summed E-state index contributed by atoms with van der Waals surface area (Å²) >= 11 is 0. The number of nitrogens with zero attached hydrogens (tertiary/aromatic N) is 1. The minimum atomic E-state index is 0.158. The highest BCUT2D eigenvalue weighted by atomic mass is 16.5. The van der Waals surface area contributed by atoms with E-state index in [1.165, 1.54) is 11.3 Å². The lowest BCUT2D eigenvalue weighted by Crippen LogP contribution is -2.54. The van der Waals surface area contributed by atoms with Crippen molar-refractivity contribution < 1.29 is 4.74 Å². The minimum absolute atomic E-state index is 0.158. The summed E-state index contributed by atoms with van der Waals surface area (Å²) in [5.41, 5.74) is 8.64. The summed E-state index contributed by atoms with van der Waals surface area (Å²) in [6.45, 7) is 7.67. The average molecular weight is 248 g/mol. The molecule has 1 fully saturated rings. The highest BCUT2D eigenvalue weighted by Crippen LogP contribution is 2.29. The van der Waals surface area contributed by atoms with Gasteiger partial charge in [-0.3, -0.25) is 0 Å². The van der Waals surface area contributed by atoms with Crippen LogP contribution in [0.25, 0.3) is 0 Å². The lowest BCUT2D eigenvalue weighted by Gasteiger charge is -2.43. The van der Waals surface area contributed by atoms with Crippen molar-refractivity contribution in [3.63, 3.8) is 0 Å². The number of ether oxygens (including phenoxy) is 1. The second kappa shape index (κ2) is 5.29. The molecule has 3 heteroatoms. The van der Waals surface area contributed by atoms with E-state index in [1.54, 1.807) is 0 Å². The maximum Gasteiger partial charge on any atom is 0.0574 e. The van der Waals surface area contributed by atoms with E-state index in [0.29, 0.717) is 12.5 Å². The van der Waals surface area contributed by atoms with Crippen LogP contribution in [0.15, 0.2) is 24.3 Å². The molecule has 1 heterocycles. The molecule has 0 radical (unpaired) electrons. The first-order chi connectivity index (χ1) is 8.56. The van der Waals surface area contributed by atoms with Gasteiger partial charge in [0.25, 0.3) is 0 Å². The molecule has 0 bridgehead atoms. The summed E-state index contributed by atoms with van der Waals surface area (Å²) in [4.78, 5) is 2.28. The molecule has 1 aliphatic rings. The smallest absolute Gasteiger partial charge is 0.0574 e. The lowest BCUT2D eigenvalue weighted by atomic mass is 9.85. The van der Waals surface area contributed by atoms with Crippen molar-refractivity contribution >= 4 is 5.69 Å². The molecule has 1 aromatic rings. The highest BCUT2D eigenvalue weighted by molar-refractivity contribution is 5.47. The van der Waals surface area contributed by atoms with Gasteiger partial charge in [0, 0.05) is 31.2 Å². The number of anilines is 1. The van der Waals surface area contributed by atoms with E-state index in [9.17, 15) is 0 Å². The van der Waals surface area contributed by atoms with Gasteiger partial charge in [-0.25, -0.2) is 0 Å². The van der Waals surface area contributed by atoms with Gasteiger partial charge in [-0.2, -0.15) is 0 Å². The largest absolute Gasteiger partial charge is 0.380 e. The van der Waals surface area contributed by atoms with Crippen LogP contribution in [0.1, 0.15) is 25.3 Å². The Balaban J connectivity index is 2.02. The Kier molecular flexibility index (Phi) is 3.93. The third kappa shape index (κ3) is 2.68. The fourth-order valence-corrected chi connectivity index (χ4v) is 2.37. The number of hydrogen-bond acceptors (Lipinski definition) is 3. The van der Waals surface area contributed by atoms with E-state index < -0.39 is 0 Å². The number of benzene rings is 1. The van der Waals surface area contributed by atoms with Crippen LogP contribution >= 0.6 is 0 Å². The first-order valence-electron chi connectivity index (χ1n) is 6.65. The summed E-state index contributed by atoms with van der Waals surface area (Å²) in [6.07, 6.45) is 0. The van der Waals surface area contributed by atoms with Gasteiger partial charge in [0.15, 0.2) is 0 Å². The van der Waals surface area contributed by atoms with E-state index in [1.807, 2.05) is 0 Å². The Bertz CT molecular complexity index is 376. The predicted molar refractivity (Wildman–Crippen MR) is 76.1 cm³/mol. The summed E-state index contributed by atoms with van der Waals surface area (Å²) in [6, 6.07) is 8.81. The average Bonchev–Trinajstić information content (AvgIpc) is 2.33. The van der Waals surface area contributed by atoms with Gasteiger partial charge in [0.1, 0.15) is 0 Å². The summed E-state index contributed by atoms with van der Waals surface area (Å²) in [5.74, 6) is 0.583. The number of rotatable bonds is 5. The molecule has 0 aliphatic carbocycles. The molecule has 1 aliphatic heterocycles. The van der Waals surface area contributed by atoms with Crippen molar-refractivity contribution in [2.75, 3.05) is 38.3 Å². The molecule has 1 aromatic carbocycles. The molecule has 1 saturated heterocycles. The van der Waals surface area contributed by atoms with Crippen molar-refractivity contribution in [1.82, 2.24) is 0 Å². The van der Waals surface area contributed by atoms with E-state index in [-0.39, 0.29) is 5.41 Å². The van der Waals surface area contributed by atoms with Crippen LogP contribution in [0.4, 0.5) is 5.69 Å². The van der Waals surface area contributed by atoms with Gasteiger partial charge < -0.3 is 15.4 Å². The molecule has 0 saturated carbocycles. The topological polar surface area (TPSA) is 38.5 Å². The molecule has 0 aromatic heterocycles. The van der Waals surface area contributed by atoms with Crippen molar-refractivity contribution in [3.8, 4) is 0 Å². The zero-order chi connectivity index (χ0) is 13.2. The van der Waals surface area contributed by atoms with Gasteiger partial charge in [0.2, 0.25) is 0 Å². The fraction of sp³-hybridized carbons (Fsp3) is 0.600. The fourth-order valence-electron chi connectivity index (χ4n) is 2.37. The van der Waals surface area contributed by atoms with E-state index in [4.69, 9.17) is 10.5 Å². The van der Waals surface area contributed by atoms with E-state index in [0.717, 1.165) is 19.8 Å². The molecule has 100 valence electrons. The van der Waals surface area contributed by atoms with Crippen molar-refractivity contribution in [3.05, 3.63) is 29.8 Å². The van der Waals surface area contributed by atoms with Crippen LogP contribution in [0, 0.1) is 5.41 Å². The predicted octanol–water partition coefficient (Wildman–Crippen LogP) is 2.22. The van der Waals surface area contributed by atoms with E-state index in [2.05, 4.69) is 50.1 Å². The SMILES string of the molecule is CC(C)c1ccc(N(C)CC2(CN)COC2)cc1. The van der Waals surface area contributed by atoms with Gasteiger partial charge in [-0.1, -0.05) is 26.0 Å². The standard InChI is InChI=1S/C15H24N2O/c1-12(2)13-4-6-14(7-5-13)17(3)9-15(8-16)10-18-11-15/h4-7,12H,8-11,16H2,1-3H3. The molecular formula is C15H24N2O. The molecule has 0 atom stereocenters. The van der Waals surface area contributed by atoms with Crippen LogP contribution in [0.2, 0.25) is 0 Å². The molecule has 0 unspecified atom stereocenters. The van der Waals surface area contributed by atoms with E-state index >= 15 is 0 Å². The second-order valence-corrected chi connectivity index (χ2v) is 5.80. The third-order valence-corrected chi connectivity index (χ3v) is 3.82. The number of nitrogens with two attached hydrogens (primary N) is 1. The molecule has 18 heavy (non-hydrogen) atoms. The van der Waals surface area contributed by atoms with Gasteiger partial charge in [0.05, 0.1) is 13.2 Å². The minimum Gasteiger partial charge on any atom is -0.380 e. The lowest BCUT2D eigenvalue weighted by molar-refractivity contribution is -0.101. The summed E-state index contributed by atoms with van der Waals surface area (Å²) < 4.78 is 5.31. The third-order valence-electron chi connectivity index (χ3n) is 3.82. The Morgan fingerprint density at radius 1 is 1.28 bits per heavy atom. The molecule has 3 nitrogen and oxygen atoms in total. The van der Waals surface area contributed by atoms with Crippen molar-refractivity contribution in [2.24, 2.45) is 11.1 Å². The Labute approximate surface area is 110 Å². The molecule has 0 spiro atoms. The maximum atomic E-state index is 5.85. The summed E-state index contributed by atoms with van der Waals surface area (Å²) in [7, 11) is 2.13. The van der Waals surface area contributed by atoms with Gasteiger partial charge in [-0.05, 0) is 23.6 Å².